The van der Waals surface area contributed by atoms with Gasteiger partial charge in [0.15, 0.2) is 11.6 Å². The Kier molecular flexibility index (Phi) is 9.88. The Morgan fingerprint density at radius 1 is 0.348 bits per heavy atom. The highest BCUT2D eigenvalue weighted by Gasteiger charge is 2.25. The van der Waals surface area contributed by atoms with Crippen LogP contribution in [0.5, 0.6) is 5.75 Å². The van der Waals surface area contributed by atoms with Crippen LogP contribution >= 0.6 is 0 Å². The van der Waals surface area contributed by atoms with E-state index < -0.39 is 0 Å². The summed E-state index contributed by atoms with van der Waals surface area (Å²) in [7, 11) is 19.6. The van der Waals surface area contributed by atoms with Gasteiger partial charge in [0.05, 0.1) is 22.1 Å². The fourth-order valence-corrected chi connectivity index (χ4v) is 10.6. The van der Waals surface area contributed by atoms with Gasteiger partial charge in [-0.3, -0.25) is 4.57 Å². The predicted molar refractivity (Wildman–Crippen MR) is 306 cm³/mol. The van der Waals surface area contributed by atoms with Crippen molar-refractivity contribution in [2.24, 2.45) is 0 Å². The van der Waals surface area contributed by atoms with Gasteiger partial charge in [-0.25, -0.2) is 4.98 Å². The first-order valence-electron chi connectivity index (χ1n) is 22.8. The quantitative estimate of drug-likeness (QED) is 0.179. The Labute approximate surface area is 392 Å². The van der Waals surface area contributed by atoms with Gasteiger partial charge in [-0.2, -0.15) is 9.97 Å². The number of rotatable bonds is 6. The van der Waals surface area contributed by atoms with Crippen molar-refractivity contribution in [2.75, 3.05) is 0 Å². The lowest BCUT2D eigenvalue weighted by Crippen LogP contribution is -2.55. The maximum absolute atomic E-state index is 11.7. The molecule has 0 saturated carbocycles. The maximum Gasteiger partial charge on any atom is 0.238 e. The summed E-state index contributed by atoms with van der Waals surface area (Å²) in [6.45, 7) is 0. The van der Waals surface area contributed by atoms with E-state index in [1.807, 2.05) is 44.2 Å². The van der Waals surface area contributed by atoms with Gasteiger partial charge < -0.3 is 9.67 Å². The number of aromatic hydroxyl groups is 1. The third kappa shape index (κ3) is 6.27. The van der Waals surface area contributed by atoms with Crippen molar-refractivity contribution in [2.45, 2.75) is 0 Å². The molecule has 3 heterocycles. The minimum Gasteiger partial charge on any atom is -0.509 e. The van der Waals surface area contributed by atoms with Crippen LogP contribution in [0, 0.1) is 0 Å². The second kappa shape index (κ2) is 15.7. The molecule has 0 spiro atoms. The molecule has 0 fully saturated rings. The second-order valence-electron chi connectivity index (χ2n) is 18.1. The van der Waals surface area contributed by atoms with Gasteiger partial charge in [0.25, 0.3) is 0 Å². The summed E-state index contributed by atoms with van der Waals surface area (Å²) in [5.41, 5.74) is 22.1. The van der Waals surface area contributed by atoms with E-state index in [-0.39, 0.29) is 0 Å². The summed E-state index contributed by atoms with van der Waals surface area (Å²) in [6, 6.07) is 49.3. The van der Waals surface area contributed by atoms with E-state index >= 15 is 0 Å². The van der Waals surface area contributed by atoms with Crippen LogP contribution in [-0.4, -0.2) is 99.8 Å². The molecule has 66 heavy (non-hydrogen) atoms. The van der Waals surface area contributed by atoms with Crippen molar-refractivity contribution in [1.82, 2.24) is 24.1 Å². The standard InChI is InChI=1S/C51H42B9N5O/c52-37-35(38(53)42(57)44(59)41(37)56)26-21-27(36-39(54)43(58)45(60)48(66)40(36)55)23-28(22-26)64-33-17-9-7-15-29(33)31-19-20-32-30-16-8-10-18-34(30)65(47(32)46(31)64)51-62-49(24-11-3-1-4-12-24)61-50(63-51)25-13-5-2-6-14-25/h1-23,66H,52-60H2. The molecule has 8 aromatic carbocycles. The number of benzene rings is 8. The molecular formula is C51H42B9N5O. The maximum atomic E-state index is 11.7. The molecule has 0 aliphatic heterocycles. The number of aromatic nitrogens is 5. The first kappa shape index (κ1) is 41.5. The van der Waals surface area contributed by atoms with Gasteiger partial charge >= 0.3 is 0 Å². The van der Waals surface area contributed by atoms with E-state index in [2.05, 4.69) is 175 Å². The molecule has 304 valence electrons. The molecule has 0 saturated heterocycles. The molecule has 11 rings (SSSR count). The molecule has 0 atom stereocenters. The topological polar surface area (TPSA) is 68.8 Å². The van der Waals surface area contributed by atoms with Crippen LogP contribution in [0.4, 0.5) is 0 Å². The van der Waals surface area contributed by atoms with Gasteiger partial charge in [0.2, 0.25) is 5.95 Å². The van der Waals surface area contributed by atoms with Crippen molar-refractivity contribution < 1.29 is 5.11 Å². The number of hydrogen-bond acceptors (Lipinski definition) is 4. The molecule has 1 N–H and O–H groups in total. The van der Waals surface area contributed by atoms with Gasteiger partial charge in [0, 0.05) is 38.4 Å². The molecule has 0 bridgehead atoms. The van der Waals surface area contributed by atoms with Crippen LogP contribution in [0.3, 0.4) is 0 Å². The van der Waals surface area contributed by atoms with E-state index in [1.54, 1.807) is 0 Å². The summed E-state index contributed by atoms with van der Waals surface area (Å²) >= 11 is 0. The molecule has 0 unspecified atom stereocenters. The highest BCUT2D eigenvalue weighted by atomic mass is 16.3. The summed E-state index contributed by atoms with van der Waals surface area (Å²) in [4.78, 5) is 15.8. The zero-order valence-corrected chi connectivity index (χ0v) is 39.0. The van der Waals surface area contributed by atoms with Crippen LogP contribution in [0.25, 0.3) is 100 Å². The molecule has 0 radical (unpaired) electrons. The van der Waals surface area contributed by atoms with E-state index in [1.165, 1.54) is 38.3 Å². The van der Waals surface area contributed by atoms with Crippen LogP contribution in [0.1, 0.15) is 0 Å². The molecule has 15 heteroatoms. The number of para-hydroxylation sites is 2. The van der Waals surface area contributed by atoms with E-state index in [9.17, 15) is 5.11 Å². The minimum absolute atomic E-state index is 0.347. The van der Waals surface area contributed by atoms with Crippen molar-refractivity contribution >= 4 is 163 Å². The molecule has 0 amide bonds. The lowest BCUT2D eigenvalue weighted by molar-refractivity contribution is 0.484. The van der Waals surface area contributed by atoms with Crippen molar-refractivity contribution in [3.05, 3.63) is 140 Å². The van der Waals surface area contributed by atoms with Crippen LogP contribution in [-0.2, 0) is 0 Å². The summed E-state index contributed by atoms with van der Waals surface area (Å²) in [5.74, 6) is 2.10. The first-order chi connectivity index (χ1) is 31.9. The highest BCUT2D eigenvalue weighted by Crippen LogP contribution is 2.42. The molecule has 0 aliphatic rings. The molecule has 11 aromatic rings. The van der Waals surface area contributed by atoms with Gasteiger partial charge in [-0.1, -0.05) is 137 Å². The van der Waals surface area contributed by atoms with Crippen molar-refractivity contribution in [3.63, 3.8) is 0 Å². The summed E-state index contributed by atoms with van der Waals surface area (Å²) in [6.07, 6.45) is 0. The van der Waals surface area contributed by atoms with Gasteiger partial charge in [-0.15, -0.1) is 16.4 Å². The Balaban J connectivity index is 1.32. The smallest absolute Gasteiger partial charge is 0.238 e. The van der Waals surface area contributed by atoms with Crippen LogP contribution in [0.15, 0.2) is 140 Å². The van der Waals surface area contributed by atoms with E-state index in [4.69, 9.17) is 15.0 Å². The average molecular weight is 838 g/mol. The second-order valence-corrected chi connectivity index (χ2v) is 18.1. The molecule has 3 aromatic heterocycles. The fraction of sp³-hybridized carbons (Fsp3) is 0. The zero-order chi connectivity index (χ0) is 45.7. The van der Waals surface area contributed by atoms with Crippen molar-refractivity contribution in [1.29, 1.82) is 0 Å². The Morgan fingerprint density at radius 2 is 0.758 bits per heavy atom. The number of fused-ring (bicyclic) bond motifs is 7. The Bertz CT molecular complexity index is 3630. The SMILES string of the molecule is Bc1c(B)c(B)c(-c2cc(-c3c(B)c(B)c(B)c(O)c3B)cc(-n3c4ccccc4c4ccc5c6ccccc6n(-c6nc(-c7ccccc7)nc(-c7ccccc7)n6)c5c43)c2)c(B)c1B. The first-order valence-corrected chi connectivity index (χ1v) is 22.8. The Morgan fingerprint density at radius 3 is 1.27 bits per heavy atom. The lowest BCUT2D eigenvalue weighted by atomic mass is 9.59. The zero-order valence-electron chi connectivity index (χ0n) is 39.0. The van der Waals surface area contributed by atoms with Gasteiger partial charge in [-0.05, 0) is 58.0 Å². The minimum atomic E-state index is 0.347. The van der Waals surface area contributed by atoms with Crippen LogP contribution < -0.4 is 49.2 Å². The van der Waals surface area contributed by atoms with Crippen molar-refractivity contribution in [3.8, 4) is 62.4 Å². The predicted octanol–water partition coefficient (Wildman–Crippen LogP) is -3.23. The molecule has 6 nitrogen and oxygen atoms in total. The average Bonchev–Trinajstić information content (AvgIpc) is 3.88. The Hall–Kier alpha value is -7.25. The number of hydrogen-bond donors (Lipinski definition) is 1. The normalized spacial score (nSPS) is 11.6. The molecule has 0 aliphatic carbocycles. The summed E-state index contributed by atoms with van der Waals surface area (Å²) < 4.78 is 4.71. The highest BCUT2D eigenvalue weighted by molar-refractivity contribution is 6.69. The number of phenols is 1. The third-order valence-electron chi connectivity index (χ3n) is 14.7. The summed E-state index contributed by atoms with van der Waals surface area (Å²) in [5, 5.41) is 16.1. The third-order valence-corrected chi connectivity index (χ3v) is 14.7. The van der Waals surface area contributed by atoms with Crippen LogP contribution in [0.2, 0.25) is 0 Å². The molecular weight excluding hydrogens is 796 g/mol. The van der Waals surface area contributed by atoms with E-state index in [0.29, 0.717) is 23.3 Å². The lowest BCUT2D eigenvalue weighted by Gasteiger charge is -2.24. The van der Waals surface area contributed by atoms with Gasteiger partial charge in [0.1, 0.15) is 76.4 Å². The van der Waals surface area contributed by atoms with E-state index in [0.717, 1.165) is 93.5 Å². The number of nitrogens with zero attached hydrogens (tertiary/aromatic N) is 5. The number of phenolic OH excluding ortho intramolecular Hbond substituents is 1. The fourth-order valence-electron chi connectivity index (χ4n) is 10.6. The largest absolute Gasteiger partial charge is 0.509 e. The monoisotopic (exact) mass is 839 g/mol.